The molecule has 3 aromatic rings. The molecule has 1 N–H and O–H groups in total. The predicted octanol–water partition coefficient (Wildman–Crippen LogP) is 7.48. The van der Waals surface area contributed by atoms with Gasteiger partial charge in [-0.05, 0) is 108 Å². The van der Waals surface area contributed by atoms with Crippen molar-refractivity contribution in [3.05, 3.63) is 90.0 Å². The van der Waals surface area contributed by atoms with E-state index in [0.717, 1.165) is 22.3 Å². The van der Waals surface area contributed by atoms with Gasteiger partial charge in [0, 0.05) is 24.3 Å². The number of aliphatic imine (C=N–C) groups is 1. The Balaban J connectivity index is 1.45. The van der Waals surface area contributed by atoms with E-state index in [2.05, 4.69) is 4.72 Å². The number of unbranched alkanes of at least 4 members (excludes halogenated alkanes) is 1. The fourth-order valence-corrected chi connectivity index (χ4v) is 6.28. The fraction of sp³-hybridized carbons (Fsp3) is 0.462. The third-order valence-electron chi connectivity index (χ3n) is 8.48. The Kier molecular flexibility index (Phi) is 12.9. The molecule has 3 aromatic carbocycles. The van der Waals surface area contributed by atoms with Crippen molar-refractivity contribution in [1.29, 1.82) is 0 Å². The Labute approximate surface area is 297 Å². The molecular formula is C39H51N3O7S. The quantitative estimate of drug-likeness (QED) is 0.129. The summed E-state index contributed by atoms with van der Waals surface area (Å²) >= 11 is 0. The summed E-state index contributed by atoms with van der Waals surface area (Å²) in [6.07, 6.45) is 1.13. The molecule has 0 aromatic heterocycles. The van der Waals surface area contributed by atoms with Crippen molar-refractivity contribution in [3.63, 3.8) is 0 Å². The van der Waals surface area contributed by atoms with Gasteiger partial charge in [-0.25, -0.2) is 27.7 Å². The molecule has 0 bridgehead atoms. The molecule has 1 aliphatic heterocycles. The van der Waals surface area contributed by atoms with Crippen molar-refractivity contribution >= 4 is 33.7 Å². The monoisotopic (exact) mass is 705 g/mol. The average molecular weight is 706 g/mol. The molecule has 4 rings (SSSR count). The molecule has 11 heteroatoms. The lowest BCUT2D eigenvalue weighted by Gasteiger charge is -2.28. The molecule has 0 radical (unpaired) electrons. The van der Waals surface area contributed by atoms with Crippen LogP contribution < -0.4 is 9.62 Å². The van der Waals surface area contributed by atoms with Gasteiger partial charge in [-0.15, -0.1) is 0 Å². The molecule has 1 amide bonds. The number of carbonyl (C=O) groups excluding carboxylic acids is 2. The van der Waals surface area contributed by atoms with Crippen LogP contribution in [0.3, 0.4) is 0 Å². The van der Waals surface area contributed by atoms with Crippen LogP contribution in [0.2, 0.25) is 0 Å². The molecule has 0 aliphatic carbocycles. The zero-order valence-electron chi connectivity index (χ0n) is 30.3. The molecule has 0 saturated carbocycles. The van der Waals surface area contributed by atoms with Gasteiger partial charge in [-0.3, -0.25) is 4.90 Å². The van der Waals surface area contributed by atoms with E-state index in [4.69, 9.17) is 19.2 Å². The number of sulfonamides is 1. The van der Waals surface area contributed by atoms with Gasteiger partial charge in [0.25, 0.3) is 0 Å². The van der Waals surface area contributed by atoms with Gasteiger partial charge in [-0.2, -0.15) is 0 Å². The first-order valence-corrected chi connectivity index (χ1v) is 18.8. The number of hydrogen-bond acceptors (Lipinski definition) is 8. The summed E-state index contributed by atoms with van der Waals surface area (Å²) in [7, 11) is -3.33. The predicted molar refractivity (Wildman–Crippen MR) is 198 cm³/mol. The molecule has 0 spiro atoms. The molecule has 0 saturated heterocycles. The molecule has 0 fully saturated rings. The molecule has 10 nitrogen and oxygen atoms in total. The highest BCUT2D eigenvalue weighted by molar-refractivity contribution is 7.90. The highest BCUT2D eigenvalue weighted by atomic mass is 32.2. The Bertz CT molecular complexity index is 1720. The summed E-state index contributed by atoms with van der Waals surface area (Å²) in [5, 5.41) is -0.481. The number of esters is 1. The van der Waals surface area contributed by atoms with E-state index in [1.807, 2.05) is 107 Å². The van der Waals surface area contributed by atoms with Gasteiger partial charge in [0.2, 0.25) is 15.9 Å². The van der Waals surface area contributed by atoms with E-state index in [1.165, 1.54) is 0 Å². The summed E-state index contributed by atoms with van der Waals surface area (Å²) in [6.45, 7) is 13.6. The minimum atomic E-state index is -3.33. The summed E-state index contributed by atoms with van der Waals surface area (Å²) in [6, 6.07) is 25.3. The second kappa shape index (κ2) is 16.7. The van der Waals surface area contributed by atoms with Gasteiger partial charge < -0.3 is 14.2 Å². The third kappa shape index (κ3) is 10.2. The number of carbonyl (C=O) groups is 2. The van der Waals surface area contributed by atoms with Crippen LogP contribution >= 0.6 is 0 Å². The number of nitrogens with one attached hydrogen (secondary N) is 1. The normalized spacial score (nSPS) is 16.8. The summed E-state index contributed by atoms with van der Waals surface area (Å²) in [5.74, 6) is 0.0181. The van der Waals surface area contributed by atoms with Crippen LogP contribution in [0.1, 0.15) is 84.8 Å². The van der Waals surface area contributed by atoms with Crippen LogP contribution in [0.4, 0.5) is 10.5 Å². The standard InChI is InChI=1S/C39H51N3O7S/c1-8-47-36(43)39(27-48-35(41-39)33-14-10-9-11-15-33)24-12-13-25-42(37(44)49-38(5,6)7)34-22-20-32(21-23-34)31-18-16-30(17-19-31)29(4)26-40-50(45,46)28(2)3/h9-11,14-23,28-29,40H,8,12-13,24-27H2,1-7H3. The second-order valence-electron chi connectivity index (χ2n) is 13.9. The molecule has 50 heavy (non-hydrogen) atoms. The number of anilines is 1. The number of amides is 1. The highest BCUT2D eigenvalue weighted by Crippen LogP contribution is 2.31. The number of hydrogen-bond donors (Lipinski definition) is 1. The number of nitrogens with zero attached hydrogens (tertiary/aromatic N) is 2. The molecule has 1 aliphatic rings. The number of rotatable bonds is 15. The van der Waals surface area contributed by atoms with Crippen molar-refractivity contribution in [2.45, 2.75) is 90.0 Å². The van der Waals surface area contributed by atoms with Crippen molar-refractivity contribution in [2.75, 3.05) is 31.2 Å². The van der Waals surface area contributed by atoms with Crippen molar-refractivity contribution < 1.29 is 32.2 Å². The molecule has 270 valence electrons. The van der Waals surface area contributed by atoms with Crippen LogP contribution in [0.25, 0.3) is 11.1 Å². The highest BCUT2D eigenvalue weighted by Gasteiger charge is 2.45. The lowest BCUT2D eigenvalue weighted by atomic mass is 9.94. The number of ether oxygens (including phenoxy) is 3. The van der Waals surface area contributed by atoms with Gasteiger partial charge in [0.05, 0.1) is 11.9 Å². The Morgan fingerprint density at radius 2 is 1.54 bits per heavy atom. The van der Waals surface area contributed by atoms with E-state index in [0.29, 0.717) is 43.9 Å². The lowest BCUT2D eigenvalue weighted by Crippen LogP contribution is -2.40. The van der Waals surface area contributed by atoms with Gasteiger partial charge in [0.1, 0.15) is 12.2 Å². The largest absolute Gasteiger partial charge is 0.474 e. The smallest absolute Gasteiger partial charge is 0.414 e. The zero-order chi connectivity index (χ0) is 36.5. The van der Waals surface area contributed by atoms with E-state index < -0.39 is 38.5 Å². The van der Waals surface area contributed by atoms with Crippen molar-refractivity contribution in [1.82, 2.24) is 4.72 Å². The van der Waals surface area contributed by atoms with E-state index in [-0.39, 0.29) is 19.1 Å². The van der Waals surface area contributed by atoms with E-state index >= 15 is 0 Å². The maximum Gasteiger partial charge on any atom is 0.414 e. The third-order valence-corrected chi connectivity index (χ3v) is 10.3. The maximum atomic E-state index is 13.4. The molecular weight excluding hydrogens is 655 g/mol. The minimum absolute atomic E-state index is 0.00780. The van der Waals surface area contributed by atoms with Crippen LogP contribution in [0, 0.1) is 0 Å². The van der Waals surface area contributed by atoms with Crippen LogP contribution in [-0.4, -0.2) is 69.1 Å². The van der Waals surface area contributed by atoms with Crippen LogP contribution in [0.5, 0.6) is 0 Å². The average Bonchev–Trinajstić information content (AvgIpc) is 3.53. The first-order valence-electron chi connectivity index (χ1n) is 17.3. The SMILES string of the molecule is CCOC(=O)C1(CCCCN(C(=O)OC(C)(C)C)c2ccc(-c3ccc(C(C)CNS(=O)(=O)C(C)C)cc3)cc2)COC(c2ccccc2)=N1. The fourth-order valence-electron chi connectivity index (χ4n) is 5.47. The first kappa shape index (κ1) is 38.6. The second-order valence-corrected chi connectivity index (χ2v) is 16.2. The Hall–Kier alpha value is -4.22. The summed E-state index contributed by atoms with van der Waals surface area (Å²) < 4.78 is 44.1. The zero-order valence-corrected chi connectivity index (χ0v) is 31.1. The Morgan fingerprint density at radius 3 is 2.12 bits per heavy atom. The minimum Gasteiger partial charge on any atom is -0.474 e. The van der Waals surface area contributed by atoms with Gasteiger partial charge in [0.15, 0.2) is 5.54 Å². The van der Waals surface area contributed by atoms with Crippen molar-refractivity contribution in [3.8, 4) is 11.1 Å². The van der Waals surface area contributed by atoms with Gasteiger partial charge in [-0.1, -0.05) is 61.5 Å². The van der Waals surface area contributed by atoms with Crippen LogP contribution in [-0.2, 0) is 29.0 Å². The van der Waals surface area contributed by atoms with E-state index in [9.17, 15) is 18.0 Å². The maximum absolute atomic E-state index is 13.4. The molecule has 2 atom stereocenters. The lowest BCUT2D eigenvalue weighted by molar-refractivity contribution is -0.150. The van der Waals surface area contributed by atoms with Crippen LogP contribution in [0.15, 0.2) is 83.9 Å². The topological polar surface area (TPSA) is 124 Å². The number of benzene rings is 3. The first-order chi connectivity index (χ1) is 23.6. The van der Waals surface area contributed by atoms with E-state index in [1.54, 1.807) is 25.7 Å². The molecule has 2 unspecified atom stereocenters. The summed E-state index contributed by atoms with van der Waals surface area (Å²) in [5.41, 5.74) is 2.68. The van der Waals surface area contributed by atoms with Crippen molar-refractivity contribution in [2.24, 2.45) is 4.99 Å². The van der Waals surface area contributed by atoms with Gasteiger partial charge >= 0.3 is 12.1 Å². The Morgan fingerprint density at radius 1 is 0.920 bits per heavy atom. The summed E-state index contributed by atoms with van der Waals surface area (Å²) in [4.78, 5) is 32.9. The molecule has 1 heterocycles.